The lowest BCUT2D eigenvalue weighted by atomic mass is 10.2. The van der Waals surface area contributed by atoms with E-state index in [0.717, 1.165) is 0 Å². The number of nitrogens with zero attached hydrogens (tertiary/aromatic N) is 2. The van der Waals surface area contributed by atoms with E-state index in [-0.39, 0.29) is 17.9 Å². The van der Waals surface area contributed by atoms with Gasteiger partial charge in [-0.3, -0.25) is 4.79 Å². The second-order valence-corrected chi connectivity index (χ2v) is 4.50. The Hall–Kier alpha value is -0.610. The van der Waals surface area contributed by atoms with Crippen LogP contribution in [0, 0.1) is 5.92 Å². The Bertz CT molecular complexity index is 216. The van der Waals surface area contributed by atoms with Gasteiger partial charge in [0, 0.05) is 19.0 Å². The Labute approximate surface area is 85.5 Å². The van der Waals surface area contributed by atoms with Crippen molar-refractivity contribution >= 4 is 5.91 Å². The fourth-order valence-electron chi connectivity index (χ4n) is 1.82. The standard InChI is InChI=1S/C10H20N2O2/c1-7(2)10(14)12-5-8(11(3)4)9(13)6-12/h7-9,13H,5-6H2,1-4H3. The van der Waals surface area contributed by atoms with Crippen molar-refractivity contribution < 1.29 is 9.90 Å². The molecule has 1 N–H and O–H groups in total. The zero-order valence-electron chi connectivity index (χ0n) is 9.40. The highest BCUT2D eigenvalue weighted by atomic mass is 16.3. The summed E-state index contributed by atoms with van der Waals surface area (Å²) in [6.07, 6.45) is -0.410. The summed E-state index contributed by atoms with van der Waals surface area (Å²) in [6, 6.07) is 0.0812. The summed E-state index contributed by atoms with van der Waals surface area (Å²) in [4.78, 5) is 15.4. The highest BCUT2D eigenvalue weighted by Crippen LogP contribution is 2.16. The molecular weight excluding hydrogens is 180 g/mol. The first-order valence-corrected chi connectivity index (χ1v) is 5.06. The van der Waals surface area contributed by atoms with Crippen LogP contribution in [0.4, 0.5) is 0 Å². The zero-order chi connectivity index (χ0) is 10.9. The van der Waals surface area contributed by atoms with Crippen LogP contribution < -0.4 is 0 Å². The van der Waals surface area contributed by atoms with E-state index >= 15 is 0 Å². The number of rotatable bonds is 2. The summed E-state index contributed by atoms with van der Waals surface area (Å²) in [7, 11) is 3.86. The normalized spacial score (nSPS) is 27.8. The molecule has 0 saturated carbocycles. The van der Waals surface area contributed by atoms with Gasteiger partial charge in [0.15, 0.2) is 0 Å². The number of aliphatic hydroxyl groups is 1. The third-order valence-corrected chi connectivity index (χ3v) is 2.73. The molecule has 2 atom stereocenters. The number of hydrogen-bond donors (Lipinski definition) is 1. The quantitative estimate of drug-likeness (QED) is 0.670. The van der Waals surface area contributed by atoms with Crippen LogP contribution in [-0.2, 0) is 4.79 Å². The Morgan fingerprint density at radius 3 is 2.36 bits per heavy atom. The number of amides is 1. The summed E-state index contributed by atoms with van der Waals surface area (Å²) in [5, 5.41) is 9.72. The minimum absolute atomic E-state index is 0.0168. The maximum Gasteiger partial charge on any atom is 0.225 e. The number of likely N-dealkylation sites (N-methyl/N-ethyl adjacent to an activating group) is 1. The molecule has 0 aromatic carbocycles. The van der Waals surface area contributed by atoms with Crippen LogP contribution in [0.2, 0.25) is 0 Å². The molecule has 1 heterocycles. The summed E-state index contributed by atoms with van der Waals surface area (Å²) >= 11 is 0. The van der Waals surface area contributed by atoms with Gasteiger partial charge < -0.3 is 14.9 Å². The van der Waals surface area contributed by atoms with Crippen LogP contribution in [0.1, 0.15) is 13.8 Å². The fourth-order valence-corrected chi connectivity index (χ4v) is 1.82. The molecule has 1 aliphatic heterocycles. The lowest BCUT2D eigenvalue weighted by Crippen LogP contribution is -2.38. The molecule has 0 aliphatic carbocycles. The van der Waals surface area contributed by atoms with E-state index in [2.05, 4.69) is 0 Å². The van der Waals surface area contributed by atoms with Gasteiger partial charge in [-0.05, 0) is 14.1 Å². The van der Waals surface area contributed by atoms with Crippen molar-refractivity contribution in [2.45, 2.75) is 26.0 Å². The van der Waals surface area contributed by atoms with Crippen LogP contribution in [0.5, 0.6) is 0 Å². The molecule has 1 aliphatic rings. The van der Waals surface area contributed by atoms with Crippen molar-refractivity contribution in [1.29, 1.82) is 0 Å². The average molecular weight is 200 g/mol. The lowest BCUT2D eigenvalue weighted by molar-refractivity contribution is -0.133. The Morgan fingerprint density at radius 1 is 1.43 bits per heavy atom. The third-order valence-electron chi connectivity index (χ3n) is 2.73. The first-order valence-electron chi connectivity index (χ1n) is 5.06. The predicted octanol–water partition coefficient (Wildman–Crippen LogP) is -0.224. The van der Waals surface area contributed by atoms with Gasteiger partial charge in [0.1, 0.15) is 0 Å². The van der Waals surface area contributed by atoms with E-state index in [1.807, 2.05) is 32.8 Å². The van der Waals surface area contributed by atoms with Crippen molar-refractivity contribution in [3.63, 3.8) is 0 Å². The molecule has 4 heteroatoms. The van der Waals surface area contributed by atoms with Gasteiger partial charge >= 0.3 is 0 Å². The van der Waals surface area contributed by atoms with Crippen molar-refractivity contribution in [2.24, 2.45) is 5.92 Å². The molecule has 0 aromatic rings. The molecule has 1 fully saturated rings. The summed E-state index contributed by atoms with van der Waals surface area (Å²) < 4.78 is 0. The van der Waals surface area contributed by atoms with Crippen LogP contribution in [0.15, 0.2) is 0 Å². The highest BCUT2D eigenvalue weighted by molar-refractivity contribution is 5.78. The molecule has 4 nitrogen and oxygen atoms in total. The van der Waals surface area contributed by atoms with Crippen molar-refractivity contribution in [3.05, 3.63) is 0 Å². The molecule has 14 heavy (non-hydrogen) atoms. The van der Waals surface area contributed by atoms with Crippen molar-refractivity contribution in [1.82, 2.24) is 9.80 Å². The van der Waals surface area contributed by atoms with Crippen LogP contribution in [0.25, 0.3) is 0 Å². The van der Waals surface area contributed by atoms with Gasteiger partial charge in [0.2, 0.25) is 5.91 Å². The van der Waals surface area contributed by atoms with Gasteiger partial charge in [-0.1, -0.05) is 13.8 Å². The predicted molar refractivity (Wildman–Crippen MR) is 54.9 cm³/mol. The molecular formula is C10H20N2O2. The number of hydrogen-bond acceptors (Lipinski definition) is 3. The van der Waals surface area contributed by atoms with Crippen molar-refractivity contribution in [2.75, 3.05) is 27.2 Å². The Balaban J connectivity index is 2.59. The lowest BCUT2D eigenvalue weighted by Gasteiger charge is -2.22. The Morgan fingerprint density at radius 2 is 2.00 bits per heavy atom. The topological polar surface area (TPSA) is 43.8 Å². The first kappa shape index (κ1) is 11.5. The highest BCUT2D eigenvalue weighted by Gasteiger charge is 2.35. The number of carbonyl (C=O) groups excluding carboxylic acids is 1. The number of β-amino-alcohol motifs (C(OH)–C–C–N with tert-alkyl or cyclic N) is 1. The largest absolute Gasteiger partial charge is 0.390 e. The van der Waals surface area contributed by atoms with E-state index in [1.54, 1.807) is 4.90 Å². The van der Waals surface area contributed by atoms with Crippen LogP contribution >= 0.6 is 0 Å². The molecule has 2 unspecified atom stereocenters. The molecule has 82 valence electrons. The fraction of sp³-hybridized carbons (Fsp3) is 0.900. The van der Waals surface area contributed by atoms with Gasteiger partial charge in [-0.2, -0.15) is 0 Å². The number of likely N-dealkylation sites (tertiary alicyclic amines) is 1. The van der Waals surface area contributed by atoms with Gasteiger partial charge in [0.25, 0.3) is 0 Å². The molecule has 0 spiro atoms. The van der Waals surface area contributed by atoms with Gasteiger partial charge in [0.05, 0.1) is 12.1 Å². The summed E-state index contributed by atoms with van der Waals surface area (Å²) in [6.45, 7) is 4.89. The van der Waals surface area contributed by atoms with Gasteiger partial charge in [-0.25, -0.2) is 0 Å². The maximum atomic E-state index is 11.7. The first-order chi connectivity index (χ1) is 6.43. The van der Waals surface area contributed by atoms with Gasteiger partial charge in [-0.15, -0.1) is 0 Å². The van der Waals surface area contributed by atoms with Crippen LogP contribution in [-0.4, -0.2) is 60.1 Å². The third kappa shape index (κ3) is 2.25. The van der Waals surface area contributed by atoms with Crippen molar-refractivity contribution in [3.8, 4) is 0 Å². The number of aliphatic hydroxyl groups excluding tert-OH is 1. The maximum absolute atomic E-state index is 11.7. The minimum Gasteiger partial charge on any atom is -0.390 e. The van der Waals surface area contributed by atoms with E-state index in [4.69, 9.17) is 0 Å². The van der Waals surface area contributed by atoms with E-state index in [0.29, 0.717) is 13.1 Å². The zero-order valence-corrected chi connectivity index (χ0v) is 9.40. The molecule has 0 bridgehead atoms. The summed E-state index contributed by atoms with van der Waals surface area (Å²) in [5.74, 6) is 0.150. The monoisotopic (exact) mass is 200 g/mol. The molecule has 0 aromatic heterocycles. The Kier molecular flexibility index (Phi) is 3.50. The second kappa shape index (κ2) is 4.28. The molecule has 1 saturated heterocycles. The van der Waals surface area contributed by atoms with E-state index in [9.17, 15) is 9.90 Å². The smallest absolute Gasteiger partial charge is 0.225 e. The van der Waals surface area contributed by atoms with E-state index < -0.39 is 6.10 Å². The number of carbonyl (C=O) groups is 1. The SMILES string of the molecule is CC(C)C(=O)N1CC(O)C(N(C)C)C1. The molecule has 0 radical (unpaired) electrons. The second-order valence-electron chi connectivity index (χ2n) is 4.50. The minimum atomic E-state index is -0.410. The molecule has 1 rings (SSSR count). The molecule has 1 amide bonds. The average Bonchev–Trinajstić information content (AvgIpc) is 2.45. The van der Waals surface area contributed by atoms with Crippen LogP contribution in [0.3, 0.4) is 0 Å². The van der Waals surface area contributed by atoms with E-state index in [1.165, 1.54) is 0 Å². The summed E-state index contributed by atoms with van der Waals surface area (Å²) in [5.41, 5.74) is 0.